The van der Waals surface area contributed by atoms with Crippen LogP contribution in [0, 0.1) is 5.41 Å². The van der Waals surface area contributed by atoms with Gasteiger partial charge in [-0.3, -0.25) is 9.59 Å². The summed E-state index contributed by atoms with van der Waals surface area (Å²) in [7, 11) is 0. The third kappa shape index (κ3) is 8.59. The summed E-state index contributed by atoms with van der Waals surface area (Å²) in [4.78, 5) is 23.1. The Kier molecular flexibility index (Phi) is 7.05. The van der Waals surface area contributed by atoms with Crippen LogP contribution in [-0.4, -0.2) is 35.6 Å². The monoisotopic (exact) mass is 272 g/mol. The maximum atomic E-state index is 11.6. The molecule has 0 radical (unpaired) electrons. The normalized spacial score (nSPS) is 14.6. The van der Waals surface area contributed by atoms with E-state index in [1.807, 2.05) is 27.7 Å². The van der Waals surface area contributed by atoms with Crippen molar-refractivity contribution in [3.63, 3.8) is 0 Å². The average Bonchev–Trinajstić information content (AvgIpc) is 2.25. The quantitative estimate of drug-likeness (QED) is 0.652. The number of rotatable bonds is 7. The van der Waals surface area contributed by atoms with Gasteiger partial charge >= 0.3 is 0 Å². The third-order valence-electron chi connectivity index (χ3n) is 2.77. The van der Waals surface area contributed by atoms with Gasteiger partial charge < -0.3 is 15.7 Å². The van der Waals surface area contributed by atoms with Crippen LogP contribution in [0.3, 0.4) is 0 Å². The molecular weight excluding hydrogens is 244 g/mol. The lowest BCUT2D eigenvalue weighted by atomic mass is 9.96. The number of carbonyl (C=O) groups is 2. The molecule has 0 spiro atoms. The standard InChI is InChI=1S/C14H28N2O3/c1-6-8-14(5,19)10-16-11(17)7-9-15-12(18)13(2,3)4/h19H,6-10H2,1-5H3,(H,15,18)(H,16,17). The number of nitrogens with one attached hydrogen (secondary N) is 2. The summed E-state index contributed by atoms with van der Waals surface area (Å²) in [5.41, 5.74) is -1.31. The fraction of sp³-hybridized carbons (Fsp3) is 0.857. The van der Waals surface area contributed by atoms with Crippen molar-refractivity contribution in [2.75, 3.05) is 13.1 Å². The summed E-state index contributed by atoms with van der Waals surface area (Å²) in [5, 5.41) is 15.3. The van der Waals surface area contributed by atoms with Crippen LogP contribution in [0.2, 0.25) is 0 Å². The Morgan fingerprint density at radius 2 is 1.68 bits per heavy atom. The topological polar surface area (TPSA) is 78.4 Å². The second kappa shape index (κ2) is 7.48. The lowest BCUT2D eigenvalue weighted by Gasteiger charge is -2.23. The zero-order valence-electron chi connectivity index (χ0n) is 12.8. The van der Waals surface area contributed by atoms with Crippen LogP contribution in [0.5, 0.6) is 0 Å². The number of carbonyl (C=O) groups excluding carboxylic acids is 2. The minimum atomic E-state index is -0.862. The van der Waals surface area contributed by atoms with E-state index < -0.39 is 11.0 Å². The van der Waals surface area contributed by atoms with Crippen molar-refractivity contribution in [2.24, 2.45) is 5.41 Å². The van der Waals surface area contributed by atoms with Gasteiger partial charge in [-0.25, -0.2) is 0 Å². The maximum absolute atomic E-state index is 11.6. The molecule has 0 aliphatic rings. The van der Waals surface area contributed by atoms with Crippen molar-refractivity contribution >= 4 is 11.8 Å². The highest BCUT2D eigenvalue weighted by molar-refractivity contribution is 5.82. The molecule has 0 fully saturated rings. The second-order valence-corrected chi connectivity index (χ2v) is 6.28. The first-order chi connectivity index (χ1) is 8.58. The van der Waals surface area contributed by atoms with Crippen molar-refractivity contribution < 1.29 is 14.7 Å². The SMILES string of the molecule is CCCC(C)(O)CNC(=O)CCNC(=O)C(C)(C)C. The van der Waals surface area contributed by atoms with Gasteiger partial charge in [0.15, 0.2) is 0 Å². The van der Waals surface area contributed by atoms with E-state index in [1.54, 1.807) is 6.92 Å². The minimum Gasteiger partial charge on any atom is -0.388 e. The Bertz CT molecular complexity index is 306. The summed E-state index contributed by atoms with van der Waals surface area (Å²) in [6.07, 6.45) is 1.74. The lowest BCUT2D eigenvalue weighted by molar-refractivity contribution is -0.128. The van der Waals surface area contributed by atoms with Gasteiger partial charge in [0.05, 0.1) is 5.60 Å². The van der Waals surface area contributed by atoms with E-state index in [1.165, 1.54) is 0 Å². The largest absolute Gasteiger partial charge is 0.388 e. The first-order valence-corrected chi connectivity index (χ1v) is 6.86. The summed E-state index contributed by atoms with van der Waals surface area (Å²) >= 11 is 0. The first kappa shape index (κ1) is 17.9. The smallest absolute Gasteiger partial charge is 0.225 e. The molecule has 2 amide bonds. The molecule has 0 aromatic carbocycles. The summed E-state index contributed by atoms with van der Waals surface area (Å²) < 4.78 is 0. The number of amides is 2. The van der Waals surface area contributed by atoms with Crippen LogP contribution in [0.25, 0.3) is 0 Å². The van der Waals surface area contributed by atoms with E-state index in [4.69, 9.17) is 0 Å². The van der Waals surface area contributed by atoms with Crippen LogP contribution in [0.1, 0.15) is 53.9 Å². The molecule has 0 aromatic heterocycles. The number of aliphatic hydroxyl groups is 1. The van der Waals surface area contributed by atoms with E-state index in [0.29, 0.717) is 13.0 Å². The first-order valence-electron chi connectivity index (χ1n) is 6.86. The van der Waals surface area contributed by atoms with Gasteiger partial charge in [0, 0.05) is 24.9 Å². The molecule has 0 aliphatic carbocycles. The molecule has 19 heavy (non-hydrogen) atoms. The predicted octanol–water partition coefficient (Wildman–Crippen LogP) is 1.21. The predicted molar refractivity (Wildman–Crippen MR) is 75.6 cm³/mol. The van der Waals surface area contributed by atoms with Crippen molar-refractivity contribution in [3.8, 4) is 0 Å². The van der Waals surface area contributed by atoms with Crippen LogP contribution in [0.15, 0.2) is 0 Å². The van der Waals surface area contributed by atoms with Crippen molar-refractivity contribution in [1.82, 2.24) is 10.6 Å². The summed E-state index contributed by atoms with van der Waals surface area (Å²) in [6, 6.07) is 0. The molecular formula is C14H28N2O3. The van der Waals surface area contributed by atoms with E-state index in [0.717, 1.165) is 6.42 Å². The molecule has 112 valence electrons. The van der Waals surface area contributed by atoms with Crippen LogP contribution >= 0.6 is 0 Å². The van der Waals surface area contributed by atoms with Gasteiger partial charge in [0.1, 0.15) is 0 Å². The van der Waals surface area contributed by atoms with Crippen LogP contribution < -0.4 is 10.6 Å². The molecule has 0 heterocycles. The van der Waals surface area contributed by atoms with Gasteiger partial charge in [0.25, 0.3) is 0 Å². The Morgan fingerprint density at radius 1 is 1.11 bits per heavy atom. The average molecular weight is 272 g/mol. The van der Waals surface area contributed by atoms with Crippen molar-refractivity contribution in [2.45, 2.75) is 59.5 Å². The molecule has 0 aliphatic heterocycles. The minimum absolute atomic E-state index is 0.0710. The summed E-state index contributed by atoms with van der Waals surface area (Å²) in [6.45, 7) is 9.72. The number of hydrogen-bond acceptors (Lipinski definition) is 3. The van der Waals surface area contributed by atoms with E-state index in [-0.39, 0.29) is 24.8 Å². The Labute approximate surface area is 116 Å². The molecule has 1 unspecified atom stereocenters. The molecule has 0 bridgehead atoms. The molecule has 5 nitrogen and oxygen atoms in total. The van der Waals surface area contributed by atoms with E-state index in [9.17, 15) is 14.7 Å². The zero-order chi connectivity index (χ0) is 15.1. The molecule has 3 N–H and O–H groups in total. The molecule has 0 rings (SSSR count). The van der Waals surface area contributed by atoms with Crippen LogP contribution in [0.4, 0.5) is 0 Å². The fourth-order valence-corrected chi connectivity index (χ4v) is 1.56. The van der Waals surface area contributed by atoms with Gasteiger partial charge in [-0.05, 0) is 13.3 Å². The van der Waals surface area contributed by atoms with Crippen LogP contribution in [-0.2, 0) is 9.59 Å². The van der Waals surface area contributed by atoms with Gasteiger partial charge in [-0.15, -0.1) is 0 Å². The molecule has 5 heteroatoms. The van der Waals surface area contributed by atoms with Gasteiger partial charge in [0.2, 0.25) is 11.8 Å². The highest BCUT2D eigenvalue weighted by atomic mass is 16.3. The fourth-order valence-electron chi connectivity index (χ4n) is 1.56. The Balaban J connectivity index is 3.86. The molecule has 0 saturated heterocycles. The molecule has 1 atom stereocenters. The second-order valence-electron chi connectivity index (χ2n) is 6.28. The van der Waals surface area contributed by atoms with E-state index >= 15 is 0 Å². The lowest BCUT2D eigenvalue weighted by Crippen LogP contribution is -2.42. The third-order valence-corrected chi connectivity index (χ3v) is 2.77. The Morgan fingerprint density at radius 3 is 2.16 bits per heavy atom. The highest BCUT2D eigenvalue weighted by Gasteiger charge is 2.21. The molecule has 0 aromatic rings. The number of hydrogen-bond donors (Lipinski definition) is 3. The van der Waals surface area contributed by atoms with Gasteiger partial charge in [-0.2, -0.15) is 0 Å². The molecule has 0 saturated carbocycles. The van der Waals surface area contributed by atoms with Gasteiger partial charge in [-0.1, -0.05) is 34.1 Å². The van der Waals surface area contributed by atoms with Crippen molar-refractivity contribution in [3.05, 3.63) is 0 Å². The van der Waals surface area contributed by atoms with E-state index in [2.05, 4.69) is 10.6 Å². The maximum Gasteiger partial charge on any atom is 0.225 e. The Hall–Kier alpha value is -1.10. The van der Waals surface area contributed by atoms with Crippen molar-refractivity contribution in [1.29, 1.82) is 0 Å². The highest BCUT2D eigenvalue weighted by Crippen LogP contribution is 2.12. The summed E-state index contributed by atoms with van der Waals surface area (Å²) in [5.74, 6) is -0.233. The zero-order valence-corrected chi connectivity index (χ0v) is 12.8.